The average Bonchev–Trinajstić information content (AvgIpc) is 2.49. The van der Waals surface area contributed by atoms with Gasteiger partial charge in [-0.05, 0) is 18.1 Å². The smallest absolute Gasteiger partial charge is 0.0843 e. The minimum Gasteiger partial charge on any atom is -0.634 e. The molecule has 0 bridgehead atoms. The molecule has 1 N–H and O–H groups in total. The Kier molecular flexibility index (Phi) is 3.86. The van der Waals surface area contributed by atoms with Crippen molar-refractivity contribution in [1.82, 2.24) is 0 Å². The zero-order valence-electron chi connectivity index (χ0n) is 11.9. The first-order chi connectivity index (χ1) is 9.74. The van der Waals surface area contributed by atoms with Crippen LogP contribution >= 0.6 is 0 Å². The molecule has 0 aliphatic carbocycles. The number of quaternary nitrogens is 1. The predicted molar refractivity (Wildman–Crippen MR) is 81.8 cm³/mol. The Bertz CT molecular complexity index is 549. The van der Waals surface area contributed by atoms with Crippen molar-refractivity contribution in [1.29, 1.82) is 0 Å². The molecule has 3 rings (SSSR count). The molecule has 1 fully saturated rings. The number of nitrogens with one attached hydrogen (secondary N) is 1. The van der Waals surface area contributed by atoms with E-state index in [1.54, 1.807) is 0 Å². The zero-order chi connectivity index (χ0) is 13.9. The minimum atomic E-state index is 0.333. The van der Waals surface area contributed by atoms with E-state index in [0.717, 1.165) is 13.0 Å². The van der Waals surface area contributed by atoms with Crippen LogP contribution in [0, 0.1) is 12.1 Å². The number of hydroxylamine groups is 2. The molecule has 1 heterocycles. The second-order valence-corrected chi connectivity index (χ2v) is 5.82. The molecule has 2 aromatic carbocycles. The van der Waals surface area contributed by atoms with Crippen molar-refractivity contribution >= 4 is 0 Å². The Morgan fingerprint density at radius 1 is 0.900 bits per heavy atom. The van der Waals surface area contributed by atoms with E-state index >= 15 is 0 Å². The molecule has 0 amide bonds. The van der Waals surface area contributed by atoms with Gasteiger partial charge < -0.3 is 10.3 Å². The number of rotatable bonds is 2. The van der Waals surface area contributed by atoms with Gasteiger partial charge in [0.2, 0.25) is 0 Å². The highest BCUT2D eigenvalue weighted by Gasteiger charge is 2.31. The van der Waals surface area contributed by atoms with Gasteiger partial charge in [-0.2, -0.15) is 0 Å². The first-order valence-electron chi connectivity index (χ1n) is 7.37. The van der Waals surface area contributed by atoms with Gasteiger partial charge in [-0.15, -0.1) is 0 Å². The predicted octanol–water partition coefficient (Wildman–Crippen LogP) is 2.65. The maximum atomic E-state index is 11.9. The normalized spacial score (nSPS) is 26.4. The number of benzene rings is 2. The van der Waals surface area contributed by atoms with E-state index in [9.17, 15) is 5.21 Å². The van der Waals surface area contributed by atoms with Gasteiger partial charge in [0.15, 0.2) is 0 Å². The van der Waals surface area contributed by atoms with E-state index < -0.39 is 0 Å². The van der Waals surface area contributed by atoms with Crippen LogP contribution in [-0.4, -0.2) is 13.1 Å². The Morgan fingerprint density at radius 2 is 1.55 bits per heavy atom. The zero-order valence-corrected chi connectivity index (χ0v) is 11.9. The number of hydrogen-bond donors (Lipinski definition) is 1. The highest BCUT2D eigenvalue weighted by molar-refractivity contribution is 5.31. The third-order valence-corrected chi connectivity index (χ3v) is 4.40. The lowest BCUT2D eigenvalue weighted by atomic mass is 9.77. The van der Waals surface area contributed by atoms with Crippen molar-refractivity contribution < 1.29 is 5.06 Å². The second-order valence-electron chi connectivity index (χ2n) is 5.82. The van der Waals surface area contributed by atoms with Crippen LogP contribution in [0.3, 0.4) is 0 Å². The van der Waals surface area contributed by atoms with Crippen LogP contribution in [0.15, 0.2) is 54.6 Å². The molecule has 0 saturated carbocycles. The van der Waals surface area contributed by atoms with Crippen molar-refractivity contribution in [2.24, 2.45) is 0 Å². The van der Waals surface area contributed by atoms with Gasteiger partial charge in [0.25, 0.3) is 0 Å². The molecule has 20 heavy (non-hydrogen) atoms. The summed E-state index contributed by atoms with van der Waals surface area (Å²) in [5.41, 5.74) is 3.96. The monoisotopic (exact) mass is 267 g/mol. The molecular formula is C18H21NO. The Morgan fingerprint density at radius 3 is 2.25 bits per heavy atom. The van der Waals surface area contributed by atoms with E-state index in [-0.39, 0.29) is 0 Å². The maximum absolute atomic E-state index is 11.9. The van der Waals surface area contributed by atoms with Crippen LogP contribution in [0.5, 0.6) is 0 Å². The van der Waals surface area contributed by atoms with Gasteiger partial charge >= 0.3 is 0 Å². The largest absolute Gasteiger partial charge is 0.634 e. The summed E-state index contributed by atoms with van der Waals surface area (Å²) in [4.78, 5) is 0. The number of piperidine rings is 1. The molecule has 2 nitrogen and oxygen atoms in total. The highest BCUT2D eigenvalue weighted by atomic mass is 16.5. The fraction of sp³-hybridized carbons (Fsp3) is 0.333. The molecule has 0 spiro atoms. The first kappa shape index (κ1) is 13.3. The summed E-state index contributed by atoms with van der Waals surface area (Å²) in [6.45, 7) is 3.52. The molecule has 0 aromatic heterocycles. The van der Waals surface area contributed by atoms with E-state index in [1.165, 1.54) is 16.7 Å². The van der Waals surface area contributed by atoms with Crippen LogP contribution in [0.1, 0.15) is 34.9 Å². The first-order valence-corrected chi connectivity index (χ1v) is 7.37. The lowest BCUT2D eigenvalue weighted by molar-refractivity contribution is -0.855. The standard InChI is InChI=1S/C18H21NO/c1-14-7-9-16(10-8-14)17-11-12-19(20)13-18(17)15-5-3-2-4-6-15/h2-10,17-19H,11-13H2,1H3. The Hall–Kier alpha value is -1.64. The number of hydrogen-bond acceptors (Lipinski definition) is 1. The van der Waals surface area contributed by atoms with E-state index in [4.69, 9.17) is 0 Å². The summed E-state index contributed by atoms with van der Waals surface area (Å²) in [7, 11) is 0. The summed E-state index contributed by atoms with van der Waals surface area (Å²) in [6, 6.07) is 19.3. The van der Waals surface area contributed by atoms with Crippen LogP contribution in [0.2, 0.25) is 0 Å². The van der Waals surface area contributed by atoms with Crippen LogP contribution in [0.25, 0.3) is 0 Å². The Labute approximate surface area is 120 Å². The molecule has 1 saturated heterocycles. The molecule has 1 aliphatic heterocycles. The molecule has 0 radical (unpaired) electrons. The van der Waals surface area contributed by atoms with Crippen molar-refractivity contribution in [3.8, 4) is 0 Å². The fourth-order valence-electron chi connectivity index (χ4n) is 3.27. The molecule has 2 aromatic rings. The van der Waals surface area contributed by atoms with Gasteiger partial charge in [-0.3, -0.25) is 0 Å². The molecule has 104 valence electrons. The van der Waals surface area contributed by atoms with E-state index in [1.807, 2.05) is 6.07 Å². The van der Waals surface area contributed by atoms with Crippen molar-refractivity contribution in [2.45, 2.75) is 25.2 Å². The average molecular weight is 267 g/mol. The minimum absolute atomic E-state index is 0.333. The van der Waals surface area contributed by atoms with Crippen molar-refractivity contribution in [2.75, 3.05) is 13.1 Å². The van der Waals surface area contributed by atoms with Crippen molar-refractivity contribution in [3.63, 3.8) is 0 Å². The van der Waals surface area contributed by atoms with Gasteiger partial charge in [0.1, 0.15) is 0 Å². The van der Waals surface area contributed by atoms with Gasteiger partial charge in [-0.25, -0.2) is 0 Å². The summed E-state index contributed by atoms with van der Waals surface area (Å²) >= 11 is 0. The third kappa shape index (κ3) is 2.77. The second kappa shape index (κ2) is 5.78. The topological polar surface area (TPSA) is 27.5 Å². The molecule has 3 unspecified atom stereocenters. The van der Waals surface area contributed by atoms with E-state index in [0.29, 0.717) is 23.4 Å². The molecule has 1 aliphatic rings. The molecule has 2 heteroatoms. The van der Waals surface area contributed by atoms with Crippen LogP contribution in [0.4, 0.5) is 0 Å². The lowest BCUT2D eigenvalue weighted by Crippen LogP contribution is -3.09. The summed E-state index contributed by atoms with van der Waals surface area (Å²) in [5, 5.41) is 12.3. The summed E-state index contributed by atoms with van der Waals surface area (Å²) in [5.74, 6) is 0.802. The van der Waals surface area contributed by atoms with Crippen LogP contribution in [-0.2, 0) is 0 Å². The SMILES string of the molecule is Cc1ccc(C2CC[NH+]([O-])CC2c2ccccc2)cc1. The fourth-order valence-corrected chi connectivity index (χ4v) is 3.27. The summed E-state index contributed by atoms with van der Waals surface area (Å²) < 4.78 is 0. The van der Waals surface area contributed by atoms with Gasteiger partial charge in [-0.1, -0.05) is 60.2 Å². The number of aryl methyl sites for hydroxylation is 1. The molecular weight excluding hydrogens is 246 g/mol. The summed E-state index contributed by atoms with van der Waals surface area (Å²) in [6.07, 6.45) is 0.974. The maximum Gasteiger partial charge on any atom is 0.0843 e. The third-order valence-electron chi connectivity index (χ3n) is 4.40. The molecule has 3 atom stereocenters. The Balaban J connectivity index is 1.92. The quantitative estimate of drug-likeness (QED) is 0.832. The van der Waals surface area contributed by atoms with E-state index in [2.05, 4.69) is 55.5 Å². The van der Waals surface area contributed by atoms with Gasteiger partial charge in [0, 0.05) is 18.3 Å². The lowest BCUT2D eigenvalue weighted by Gasteiger charge is -2.38. The highest BCUT2D eigenvalue weighted by Crippen LogP contribution is 2.36. The van der Waals surface area contributed by atoms with Crippen LogP contribution < -0.4 is 5.06 Å². The van der Waals surface area contributed by atoms with Crippen molar-refractivity contribution in [3.05, 3.63) is 76.5 Å². The van der Waals surface area contributed by atoms with Gasteiger partial charge in [0.05, 0.1) is 13.1 Å².